The third kappa shape index (κ3) is 5.03. The summed E-state index contributed by atoms with van der Waals surface area (Å²) < 4.78 is 12.3. The summed E-state index contributed by atoms with van der Waals surface area (Å²) in [4.78, 5) is 9.94. The Balaban J connectivity index is 3.45. The molecule has 2 unspecified atom stereocenters. The lowest BCUT2D eigenvalue weighted by atomic mass is 10.2. The Kier molecular flexibility index (Phi) is 5.23. The van der Waals surface area contributed by atoms with E-state index in [4.69, 9.17) is 10.2 Å². The first kappa shape index (κ1) is 10.7. The third-order valence-electron chi connectivity index (χ3n) is 1.03. The monoisotopic (exact) mass is 182 g/mol. The van der Waals surface area contributed by atoms with E-state index >= 15 is 0 Å². The van der Waals surface area contributed by atoms with E-state index in [-0.39, 0.29) is 12.5 Å². The lowest BCUT2D eigenvalue weighted by molar-refractivity contribution is -0.139. The molecule has 0 aromatic carbocycles. The van der Waals surface area contributed by atoms with Gasteiger partial charge in [0.25, 0.3) is 0 Å². The number of rotatable bonds is 5. The number of hydrogen-bond donors (Lipinski definition) is 2. The number of carboxylic acids is 1. The highest BCUT2D eigenvalue weighted by Gasteiger charge is 2.16. The Bertz CT molecular complexity index is 131. The van der Waals surface area contributed by atoms with E-state index in [1.807, 2.05) is 0 Å². The molecule has 0 aliphatic rings. The molecule has 0 aliphatic carbocycles. The number of thioether (sulfide) groups is 1. The number of aliphatic carboxylic acids is 1. The molecule has 0 fully saturated rings. The molecule has 0 aromatic rings. The molecule has 66 valence electrons. The number of hydrogen-bond acceptors (Lipinski definition) is 3. The predicted octanol–water partition coefficient (Wildman–Crippen LogP) is 0.728. The van der Waals surface area contributed by atoms with Gasteiger partial charge in [-0.2, -0.15) is 0 Å². The molecule has 0 aliphatic heterocycles. The van der Waals surface area contributed by atoms with Crippen LogP contribution in [0.5, 0.6) is 0 Å². The standard InChI is InChI=1S/C6H11FO3S/c1-4(2-8)3-11-5(7)6(9)10/h4-5,8H,2-3H2,1H3,(H,9,10). The fraction of sp³-hybridized carbons (Fsp3) is 0.833. The minimum Gasteiger partial charge on any atom is -0.478 e. The maximum atomic E-state index is 12.3. The highest BCUT2D eigenvalue weighted by atomic mass is 32.2. The number of carbonyl (C=O) groups is 1. The molecular weight excluding hydrogens is 171 g/mol. The van der Waals surface area contributed by atoms with Gasteiger partial charge in [0, 0.05) is 12.4 Å². The van der Waals surface area contributed by atoms with E-state index in [9.17, 15) is 9.18 Å². The van der Waals surface area contributed by atoms with Crippen LogP contribution in [-0.2, 0) is 4.79 Å². The molecule has 0 aromatic heterocycles. The number of aliphatic hydroxyl groups is 1. The van der Waals surface area contributed by atoms with Crippen LogP contribution in [0.1, 0.15) is 6.92 Å². The van der Waals surface area contributed by atoms with Crippen LogP contribution in [0.15, 0.2) is 0 Å². The van der Waals surface area contributed by atoms with Gasteiger partial charge >= 0.3 is 5.97 Å². The Labute approximate surface area is 68.6 Å². The zero-order valence-corrected chi connectivity index (χ0v) is 6.97. The number of aliphatic hydroxyl groups excluding tert-OH is 1. The minimum absolute atomic E-state index is 0.0423. The maximum Gasteiger partial charge on any atom is 0.348 e. The molecule has 3 nitrogen and oxygen atoms in total. The summed E-state index contributed by atoms with van der Waals surface area (Å²) in [5.41, 5.74) is -1.87. The molecule has 0 saturated heterocycles. The van der Waals surface area contributed by atoms with Crippen molar-refractivity contribution in [1.82, 2.24) is 0 Å². The van der Waals surface area contributed by atoms with Gasteiger partial charge in [-0.05, 0) is 5.92 Å². The Morgan fingerprint density at radius 1 is 1.73 bits per heavy atom. The molecule has 2 N–H and O–H groups in total. The van der Waals surface area contributed by atoms with Gasteiger partial charge in [0.2, 0.25) is 5.50 Å². The zero-order valence-electron chi connectivity index (χ0n) is 6.16. The van der Waals surface area contributed by atoms with Crippen molar-refractivity contribution >= 4 is 17.7 Å². The molecule has 0 radical (unpaired) electrons. The largest absolute Gasteiger partial charge is 0.478 e. The van der Waals surface area contributed by atoms with Gasteiger partial charge in [0.1, 0.15) is 0 Å². The second kappa shape index (κ2) is 5.37. The molecule has 11 heavy (non-hydrogen) atoms. The Morgan fingerprint density at radius 2 is 2.27 bits per heavy atom. The first-order valence-corrected chi connectivity index (χ1v) is 4.22. The summed E-state index contributed by atoms with van der Waals surface area (Å²) in [6, 6.07) is 0. The van der Waals surface area contributed by atoms with E-state index in [1.54, 1.807) is 6.92 Å². The maximum absolute atomic E-state index is 12.3. The Hall–Kier alpha value is -0.290. The highest BCUT2D eigenvalue weighted by Crippen LogP contribution is 2.15. The molecule has 0 rings (SSSR count). The fourth-order valence-corrected chi connectivity index (χ4v) is 1.12. The van der Waals surface area contributed by atoms with Crippen molar-refractivity contribution in [2.75, 3.05) is 12.4 Å². The average Bonchev–Trinajstić information content (AvgIpc) is 1.99. The van der Waals surface area contributed by atoms with E-state index in [0.29, 0.717) is 17.5 Å². The molecule has 0 spiro atoms. The molecule has 0 amide bonds. The molecular formula is C6H11FO3S. The van der Waals surface area contributed by atoms with E-state index < -0.39 is 11.5 Å². The third-order valence-corrected chi connectivity index (χ3v) is 2.29. The van der Waals surface area contributed by atoms with Crippen molar-refractivity contribution in [3.63, 3.8) is 0 Å². The summed E-state index contributed by atoms with van der Waals surface area (Å²) in [5.74, 6) is -1.19. The van der Waals surface area contributed by atoms with Crippen molar-refractivity contribution in [3.8, 4) is 0 Å². The van der Waals surface area contributed by atoms with Gasteiger partial charge in [0.05, 0.1) is 0 Å². The average molecular weight is 182 g/mol. The lowest BCUT2D eigenvalue weighted by Gasteiger charge is -2.07. The highest BCUT2D eigenvalue weighted by molar-refractivity contribution is 8.00. The van der Waals surface area contributed by atoms with Crippen LogP contribution < -0.4 is 0 Å². The van der Waals surface area contributed by atoms with Crippen LogP contribution in [0.3, 0.4) is 0 Å². The van der Waals surface area contributed by atoms with Crippen molar-refractivity contribution in [2.24, 2.45) is 5.92 Å². The quantitative estimate of drug-likeness (QED) is 0.658. The normalized spacial score (nSPS) is 15.9. The van der Waals surface area contributed by atoms with Crippen molar-refractivity contribution in [3.05, 3.63) is 0 Å². The van der Waals surface area contributed by atoms with Gasteiger partial charge < -0.3 is 10.2 Å². The molecule has 2 atom stereocenters. The molecule has 0 saturated carbocycles. The number of halogens is 1. The summed E-state index contributed by atoms with van der Waals surface area (Å²) in [6.45, 7) is 1.68. The van der Waals surface area contributed by atoms with Gasteiger partial charge in [-0.25, -0.2) is 9.18 Å². The Morgan fingerprint density at radius 3 is 2.64 bits per heavy atom. The second-order valence-corrected chi connectivity index (χ2v) is 3.36. The van der Waals surface area contributed by atoms with E-state index in [0.717, 1.165) is 0 Å². The fourth-order valence-electron chi connectivity index (χ4n) is 0.373. The molecule has 0 heterocycles. The van der Waals surface area contributed by atoms with Gasteiger partial charge in [-0.1, -0.05) is 6.92 Å². The lowest BCUT2D eigenvalue weighted by Crippen LogP contribution is -2.13. The van der Waals surface area contributed by atoms with Crippen molar-refractivity contribution < 1.29 is 19.4 Å². The zero-order chi connectivity index (χ0) is 8.85. The van der Waals surface area contributed by atoms with Gasteiger partial charge in [-0.3, -0.25) is 0 Å². The van der Waals surface area contributed by atoms with Crippen LogP contribution in [0, 0.1) is 5.92 Å². The summed E-state index contributed by atoms with van der Waals surface area (Å²) in [6.07, 6.45) is 0. The summed E-state index contributed by atoms with van der Waals surface area (Å²) >= 11 is 0.691. The van der Waals surface area contributed by atoms with Crippen molar-refractivity contribution in [1.29, 1.82) is 0 Å². The number of carboxylic acid groups (broad SMARTS) is 1. The van der Waals surface area contributed by atoms with Gasteiger partial charge in [-0.15, -0.1) is 11.8 Å². The smallest absolute Gasteiger partial charge is 0.348 e. The topological polar surface area (TPSA) is 57.5 Å². The van der Waals surface area contributed by atoms with Crippen LogP contribution in [0.25, 0.3) is 0 Å². The first-order chi connectivity index (χ1) is 5.07. The molecule has 0 bridgehead atoms. The van der Waals surface area contributed by atoms with Crippen molar-refractivity contribution in [2.45, 2.75) is 12.4 Å². The van der Waals surface area contributed by atoms with Crippen LogP contribution in [0.4, 0.5) is 4.39 Å². The van der Waals surface area contributed by atoms with Gasteiger partial charge in [0.15, 0.2) is 0 Å². The predicted molar refractivity (Wildman–Crippen MR) is 41.2 cm³/mol. The van der Waals surface area contributed by atoms with Crippen LogP contribution >= 0.6 is 11.8 Å². The van der Waals surface area contributed by atoms with Crippen LogP contribution in [-0.4, -0.2) is 34.0 Å². The molecule has 5 heteroatoms. The van der Waals surface area contributed by atoms with E-state index in [2.05, 4.69) is 0 Å². The summed E-state index contributed by atoms with van der Waals surface area (Å²) in [5, 5.41) is 16.6. The minimum atomic E-state index is -1.87. The second-order valence-electron chi connectivity index (χ2n) is 2.28. The van der Waals surface area contributed by atoms with Crippen LogP contribution in [0.2, 0.25) is 0 Å². The summed E-state index contributed by atoms with van der Waals surface area (Å²) in [7, 11) is 0. The van der Waals surface area contributed by atoms with E-state index in [1.165, 1.54) is 0 Å². The SMILES string of the molecule is CC(CO)CSC(F)C(=O)O. The number of alkyl halides is 1. The first-order valence-electron chi connectivity index (χ1n) is 3.17.